The fourth-order valence-corrected chi connectivity index (χ4v) is 3.57. The zero-order chi connectivity index (χ0) is 22.4. The molecule has 3 N–H and O–H groups in total. The van der Waals surface area contributed by atoms with Crippen molar-refractivity contribution in [3.63, 3.8) is 0 Å². The van der Waals surface area contributed by atoms with Crippen molar-refractivity contribution in [3.05, 3.63) is 59.3 Å². The van der Waals surface area contributed by atoms with Crippen LogP contribution in [-0.4, -0.2) is 59.8 Å². The van der Waals surface area contributed by atoms with Crippen molar-refractivity contribution in [2.45, 2.75) is 26.9 Å². The standard InChI is InChI=1S/C24H30N2O5/c1-4-30-24(29)23-17(3)26(18-7-5-16(2)6-8-18)22-10-9-20(13-21(22)23)31-15-19(28)14-25-11-12-27/h5-10,13,19,25,27-28H,4,11-12,14-15H2,1-3H3. The quantitative estimate of drug-likeness (QED) is 0.341. The number of nitrogens with one attached hydrogen (secondary N) is 1. The van der Waals surface area contributed by atoms with E-state index in [9.17, 15) is 9.90 Å². The number of aryl methyl sites for hydroxylation is 1. The lowest BCUT2D eigenvalue weighted by Gasteiger charge is -2.13. The van der Waals surface area contributed by atoms with Crippen LogP contribution in [0.2, 0.25) is 0 Å². The molecule has 0 amide bonds. The fourth-order valence-electron chi connectivity index (χ4n) is 3.57. The molecule has 1 unspecified atom stereocenters. The summed E-state index contributed by atoms with van der Waals surface area (Å²) in [7, 11) is 0. The summed E-state index contributed by atoms with van der Waals surface area (Å²) in [5, 5.41) is 22.5. The average Bonchev–Trinajstić information content (AvgIpc) is 3.04. The Morgan fingerprint density at radius 2 is 1.90 bits per heavy atom. The van der Waals surface area contributed by atoms with Gasteiger partial charge in [-0.25, -0.2) is 4.79 Å². The maximum absolute atomic E-state index is 12.8. The Hall–Kier alpha value is -2.87. The minimum Gasteiger partial charge on any atom is -0.491 e. The van der Waals surface area contributed by atoms with Crippen LogP contribution < -0.4 is 10.1 Å². The van der Waals surface area contributed by atoms with Crippen LogP contribution in [0, 0.1) is 13.8 Å². The third kappa shape index (κ3) is 5.25. The molecule has 0 saturated heterocycles. The largest absolute Gasteiger partial charge is 0.491 e. The summed E-state index contributed by atoms with van der Waals surface area (Å²) in [5.41, 5.74) is 4.30. The highest BCUT2D eigenvalue weighted by atomic mass is 16.5. The lowest BCUT2D eigenvalue weighted by atomic mass is 10.1. The van der Waals surface area contributed by atoms with E-state index < -0.39 is 6.10 Å². The number of rotatable bonds is 10. The van der Waals surface area contributed by atoms with E-state index in [0.717, 1.165) is 27.8 Å². The molecule has 0 bridgehead atoms. The number of carbonyl (C=O) groups is 1. The van der Waals surface area contributed by atoms with Crippen molar-refractivity contribution in [2.75, 3.05) is 32.9 Å². The van der Waals surface area contributed by atoms with Gasteiger partial charge in [-0.3, -0.25) is 0 Å². The monoisotopic (exact) mass is 426 g/mol. The molecule has 7 heteroatoms. The summed E-state index contributed by atoms with van der Waals surface area (Å²) >= 11 is 0. The zero-order valence-corrected chi connectivity index (χ0v) is 18.2. The summed E-state index contributed by atoms with van der Waals surface area (Å²) in [6.45, 7) is 6.85. The fraction of sp³-hybridized carbons (Fsp3) is 0.375. The number of aliphatic hydroxyl groups is 2. The molecule has 31 heavy (non-hydrogen) atoms. The van der Waals surface area contributed by atoms with Crippen LogP contribution in [0.15, 0.2) is 42.5 Å². The van der Waals surface area contributed by atoms with Crippen molar-refractivity contribution >= 4 is 16.9 Å². The van der Waals surface area contributed by atoms with E-state index in [2.05, 4.69) is 5.32 Å². The van der Waals surface area contributed by atoms with Crippen molar-refractivity contribution in [2.24, 2.45) is 0 Å². The van der Waals surface area contributed by atoms with E-state index in [-0.39, 0.29) is 19.2 Å². The van der Waals surface area contributed by atoms with E-state index in [1.54, 1.807) is 6.92 Å². The van der Waals surface area contributed by atoms with Gasteiger partial charge < -0.3 is 29.6 Å². The minimum atomic E-state index is -0.717. The first-order valence-electron chi connectivity index (χ1n) is 10.5. The van der Waals surface area contributed by atoms with Crippen LogP contribution in [0.3, 0.4) is 0 Å². The highest BCUT2D eigenvalue weighted by Crippen LogP contribution is 2.32. The molecule has 3 aromatic rings. The maximum atomic E-state index is 12.8. The number of esters is 1. The molecular weight excluding hydrogens is 396 g/mol. The highest BCUT2D eigenvalue weighted by molar-refractivity contribution is 6.07. The first kappa shape index (κ1) is 22.8. The summed E-state index contributed by atoms with van der Waals surface area (Å²) < 4.78 is 13.1. The Bertz CT molecular complexity index is 1030. The summed E-state index contributed by atoms with van der Waals surface area (Å²) in [6.07, 6.45) is -0.717. The number of aromatic nitrogens is 1. The van der Waals surface area contributed by atoms with E-state index in [1.165, 1.54) is 0 Å². The SMILES string of the molecule is CCOC(=O)c1c(C)n(-c2ccc(C)cc2)c2ccc(OCC(O)CNCCO)cc12. The molecule has 1 aromatic heterocycles. The van der Waals surface area contributed by atoms with Crippen LogP contribution in [-0.2, 0) is 4.74 Å². The van der Waals surface area contributed by atoms with Gasteiger partial charge in [0, 0.05) is 29.9 Å². The second-order valence-electron chi connectivity index (χ2n) is 7.42. The maximum Gasteiger partial charge on any atom is 0.340 e. The van der Waals surface area contributed by atoms with Crippen molar-refractivity contribution < 1.29 is 24.5 Å². The van der Waals surface area contributed by atoms with Crippen molar-refractivity contribution in [1.82, 2.24) is 9.88 Å². The van der Waals surface area contributed by atoms with Gasteiger partial charge >= 0.3 is 5.97 Å². The molecule has 0 aliphatic carbocycles. The lowest BCUT2D eigenvalue weighted by molar-refractivity contribution is 0.0527. The van der Waals surface area contributed by atoms with E-state index in [1.807, 2.05) is 60.9 Å². The van der Waals surface area contributed by atoms with Gasteiger partial charge in [-0.05, 0) is 51.1 Å². The summed E-state index contributed by atoms with van der Waals surface area (Å²) in [5.74, 6) is 0.182. The van der Waals surface area contributed by atoms with Crippen LogP contribution in [0.1, 0.15) is 28.5 Å². The first-order valence-corrected chi connectivity index (χ1v) is 10.5. The van der Waals surface area contributed by atoms with Crippen molar-refractivity contribution in [3.8, 4) is 11.4 Å². The zero-order valence-electron chi connectivity index (χ0n) is 18.2. The molecular formula is C24H30N2O5. The Kier molecular flexibility index (Phi) is 7.68. The van der Waals surface area contributed by atoms with Gasteiger partial charge in [-0.15, -0.1) is 0 Å². The molecule has 0 aliphatic heterocycles. The highest BCUT2D eigenvalue weighted by Gasteiger charge is 2.22. The van der Waals surface area contributed by atoms with E-state index in [4.69, 9.17) is 14.6 Å². The Morgan fingerprint density at radius 1 is 1.16 bits per heavy atom. The molecule has 0 fully saturated rings. The van der Waals surface area contributed by atoms with Gasteiger partial charge in [-0.1, -0.05) is 17.7 Å². The number of aliphatic hydroxyl groups excluding tert-OH is 2. The van der Waals surface area contributed by atoms with E-state index >= 15 is 0 Å². The number of ether oxygens (including phenoxy) is 2. The van der Waals surface area contributed by atoms with Gasteiger partial charge in [-0.2, -0.15) is 0 Å². The van der Waals surface area contributed by atoms with Crippen LogP contribution in [0.25, 0.3) is 16.6 Å². The normalized spacial score (nSPS) is 12.2. The molecule has 1 atom stereocenters. The topological polar surface area (TPSA) is 93.0 Å². The second kappa shape index (κ2) is 10.4. The summed E-state index contributed by atoms with van der Waals surface area (Å²) in [4.78, 5) is 12.8. The molecule has 2 aromatic carbocycles. The average molecular weight is 427 g/mol. The van der Waals surface area contributed by atoms with E-state index in [0.29, 0.717) is 31.0 Å². The van der Waals surface area contributed by atoms with Gasteiger partial charge in [0.05, 0.1) is 24.3 Å². The predicted octanol–water partition coefficient (Wildman–Crippen LogP) is 2.75. The lowest BCUT2D eigenvalue weighted by Crippen LogP contribution is -2.32. The van der Waals surface area contributed by atoms with Crippen LogP contribution >= 0.6 is 0 Å². The van der Waals surface area contributed by atoms with Crippen LogP contribution in [0.4, 0.5) is 0 Å². The van der Waals surface area contributed by atoms with Gasteiger partial charge in [0.2, 0.25) is 0 Å². The predicted molar refractivity (Wildman–Crippen MR) is 120 cm³/mol. The van der Waals surface area contributed by atoms with Gasteiger partial charge in [0.25, 0.3) is 0 Å². The molecule has 0 spiro atoms. The second-order valence-corrected chi connectivity index (χ2v) is 7.42. The third-order valence-electron chi connectivity index (χ3n) is 5.06. The number of benzene rings is 2. The Balaban J connectivity index is 1.96. The number of hydrogen-bond donors (Lipinski definition) is 3. The smallest absolute Gasteiger partial charge is 0.340 e. The number of nitrogens with zero attached hydrogens (tertiary/aromatic N) is 1. The first-order chi connectivity index (χ1) is 15.0. The van der Waals surface area contributed by atoms with Crippen LogP contribution in [0.5, 0.6) is 5.75 Å². The molecule has 166 valence electrons. The van der Waals surface area contributed by atoms with Gasteiger partial charge in [0.1, 0.15) is 18.5 Å². The molecule has 0 aliphatic rings. The van der Waals surface area contributed by atoms with Crippen molar-refractivity contribution in [1.29, 1.82) is 0 Å². The number of hydrogen-bond acceptors (Lipinski definition) is 6. The molecule has 1 heterocycles. The third-order valence-corrected chi connectivity index (χ3v) is 5.06. The van der Waals surface area contributed by atoms with Gasteiger partial charge in [0.15, 0.2) is 0 Å². The Labute approximate surface area is 182 Å². The molecule has 0 saturated carbocycles. The molecule has 0 radical (unpaired) electrons. The Morgan fingerprint density at radius 3 is 2.58 bits per heavy atom. The summed E-state index contributed by atoms with van der Waals surface area (Å²) in [6, 6.07) is 13.7. The minimum absolute atomic E-state index is 0.0121. The number of fused-ring (bicyclic) bond motifs is 1. The number of carbonyl (C=O) groups excluding carboxylic acids is 1. The molecule has 3 rings (SSSR count). The molecule has 7 nitrogen and oxygen atoms in total.